The maximum absolute atomic E-state index is 11.4. The Balaban J connectivity index is 2.42. The molecule has 0 saturated heterocycles. The second kappa shape index (κ2) is 7.07. The van der Waals surface area contributed by atoms with Gasteiger partial charge in [0, 0.05) is 4.88 Å². The fraction of sp³-hybridized carbons (Fsp3) is 0.417. The Morgan fingerprint density at radius 1 is 1.53 bits per heavy atom. The van der Waals surface area contributed by atoms with Gasteiger partial charge in [0.2, 0.25) is 5.91 Å². The molecule has 5 heteroatoms. The second-order valence-corrected chi connectivity index (χ2v) is 4.95. The SMILES string of the molecule is CN(C)CC(=O)NCc1ccc(C#CCN)s1. The summed E-state index contributed by atoms with van der Waals surface area (Å²) in [6.07, 6.45) is 0. The lowest BCUT2D eigenvalue weighted by Gasteiger charge is -2.08. The van der Waals surface area contributed by atoms with Crippen molar-refractivity contribution in [3.63, 3.8) is 0 Å². The van der Waals surface area contributed by atoms with Crippen LogP contribution in [0.3, 0.4) is 0 Å². The van der Waals surface area contributed by atoms with Crippen molar-refractivity contribution < 1.29 is 4.79 Å². The zero-order valence-corrected chi connectivity index (χ0v) is 10.9. The minimum atomic E-state index is 0.0259. The highest BCUT2D eigenvalue weighted by atomic mass is 32.1. The van der Waals surface area contributed by atoms with Gasteiger partial charge in [0.1, 0.15) is 0 Å². The molecule has 0 aromatic carbocycles. The van der Waals surface area contributed by atoms with E-state index in [2.05, 4.69) is 17.2 Å². The Hall–Kier alpha value is -1.35. The first-order valence-electron chi connectivity index (χ1n) is 5.31. The lowest BCUT2D eigenvalue weighted by atomic mass is 10.4. The topological polar surface area (TPSA) is 58.4 Å². The monoisotopic (exact) mass is 251 g/mol. The van der Waals surface area contributed by atoms with E-state index in [4.69, 9.17) is 5.73 Å². The highest BCUT2D eigenvalue weighted by molar-refractivity contribution is 7.12. The zero-order valence-electron chi connectivity index (χ0n) is 10.1. The van der Waals surface area contributed by atoms with Crippen LogP contribution in [-0.4, -0.2) is 38.0 Å². The fourth-order valence-electron chi connectivity index (χ4n) is 1.21. The number of hydrogen-bond donors (Lipinski definition) is 2. The number of hydrogen-bond acceptors (Lipinski definition) is 4. The number of carbonyl (C=O) groups is 1. The van der Waals surface area contributed by atoms with Crippen LogP contribution < -0.4 is 11.1 Å². The molecule has 0 spiro atoms. The summed E-state index contributed by atoms with van der Waals surface area (Å²) < 4.78 is 0. The summed E-state index contributed by atoms with van der Waals surface area (Å²) in [7, 11) is 3.73. The zero-order chi connectivity index (χ0) is 12.7. The molecule has 3 N–H and O–H groups in total. The molecule has 0 bridgehead atoms. The van der Waals surface area contributed by atoms with E-state index in [1.165, 1.54) is 0 Å². The van der Waals surface area contributed by atoms with Crippen molar-refractivity contribution in [3.8, 4) is 11.8 Å². The van der Waals surface area contributed by atoms with Gasteiger partial charge in [0.15, 0.2) is 0 Å². The molecule has 0 aliphatic carbocycles. The van der Waals surface area contributed by atoms with Gasteiger partial charge < -0.3 is 16.0 Å². The highest BCUT2D eigenvalue weighted by Crippen LogP contribution is 2.14. The summed E-state index contributed by atoms with van der Waals surface area (Å²) in [5.74, 6) is 5.80. The molecule has 0 radical (unpaired) electrons. The summed E-state index contributed by atoms with van der Waals surface area (Å²) in [6, 6.07) is 3.92. The van der Waals surface area contributed by atoms with Crippen LogP contribution in [0.15, 0.2) is 12.1 Å². The van der Waals surface area contributed by atoms with E-state index in [0.717, 1.165) is 9.75 Å². The van der Waals surface area contributed by atoms with E-state index < -0.39 is 0 Å². The van der Waals surface area contributed by atoms with E-state index >= 15 is 0 Å². The number of rotatable bonds is 4. The van der Waals surface area contributed by atoms with Crippen molar-refractivity contribution in [3.05, 3.63) is 21.9 Å². The average Bonchev–Trinajstić information content (AvgIpc) is 2.70. The molecule has 92 valence electrons. The number of nitrogens with two attached hydrogens (primary N) is 1. The molecule has 1 amide bonds. The molecule has 0 atom stereocenters. The van der Waals surface area contributed by atoms with Crippen LogP contribution >= 0.6 is 11.3 Å². The molecule has 1 rings (SSSR count). The van der Waals surface area contributed by atoms with E-state index in [1.807, 2.05) is 31.1 Å². The van der Waals surface area contributed by atoms with Crippen molar-refractivity contribution in [2.45, 2.75) is 6.54 Å². The Morgan fingerprint density at radius 3 is 2.94 bits per heavy atom. The van der Waals surface area contributed by atoms with Crippen LogP contribution in [0.2, 0.25) is 0 Å². The van der Waals surface area contributed by atoms with Crippen LogP contribution in [-0.2, 0) is 11.3 Å². The van der Waals surface area contributed by atoms with E-state index in [1.54, 1.807) is 11.3 Å². The third kappa shape index (κ3) is 5.50. The van der Waals surface area contributed by atoms with Crippen LogP contribution in [0, 0.1) is 11.8 Å². The van der Waals surface area contributed by atoms with Crippen LogP contribution in [0.4, 0.5) is 0 Å². The predicted octanol–water partition coefficient (Wildman–Crippen LogP) is 0.236. The Morgan fingerprint density at radius 2 is 2.29 bits per heavy atom. The minimum absolute atomic E-state index is 0.0259. The Kier molecular flexibility index (Phi) is 5.70. The highest BCUT2D eigenvalue weighted by Gasteiger charge is 2.03. The van der Waals surface area contributed by atoms with Gasteiger partial charge in [-0.25, -0.2) is 0 Å². The van der Waals surface area contributed by atoms with Crippen molar-refractivity contribution >= 4 is 17.2 Å². The summed E-state index contributed by atoms with van der Waals surface area (Å²) >= 11 is 1.58. The fourth-order valence-corrected chi connectivity index (χ4v) is 2.03. The quantitative estimate of drug-likeness (QED) is 0.754. The van der Waals surface area contributed by atoms with Gasteiger partial charge in [-0.2, -0.15) is 0 Å². The summed E-state index contributed by atoms with van der Waals surface area (Å²) in [5, 5.41) is 2.86. The molecular formula is C12H17N3OS. The molecule has 1 aromatic rings. The largest absolute Gasteiger partial charge is 0.350 e. The van der Waals surface area contributed by atoms with E-state index in [0.29, 0.717) is 19.6 Å². The molecule has 4 nitrogen and oxygen atoms in total. The minimum Gasteiger partial charge on any atom is -0.350 e. The molecule has 0 fully saturated rings. The Labute approximate surface area is 106 Å². The van der Waals surface area contributed by atoms with Gasteiger partial charge >= 0.3 is 0 Å². The lowest BCUT2D eigenvalue weighted by molar-refractivity contribution is -0.121. The summed E-state index contributed by atoms with van der Waals surface area (Å²) in [6.45, 7) is 1.33. The number of carbonyl (C=O) groups excluding carboxylic acids is 1. The molecule has 1 heterocycles. The smallest absolute Gasteiger partial charge is 0.234 e. The third-order valence-electron chi connectivity index (χ3n) is 1.89. The van der Waals surface area contributed by atoms with Gasteiger partial charge in [-0.05, 0) is 26.2 Å². The standard InChI is InChI=1S/C12H17N3OS/c1-15(2)9-12(16)14-8-11-6-5-10(17-11)4-3-7-13/h5-6H,7-9,13H2,1-2H3,(H,14,16). The van der Waals surface area contributed by atoms with E-state index in [9.17, 15) is 4.79 Å². The number of nitrogens with one attached hydrogen (secondary N) is 1. The van der Waals surface area contributed by atoms with Crippen molar-refractivity contribution in [2.75, 3.05) is 27.2 Å². The molecule has 17 heavy (non-hydrogen) atoms. The van der Waals surface area contributed by atoms with E-state index in [-0.39, 0.29) is 5.91 Å². The number of likely N-dealkylation sites (N-methyl/N-ethyl adjacent to an activating group) is 1. The average molecular weight is 251 g/mol. The molecule has 0 unspecified atom stereocenters. The third-order valence-corrected chi connectivity index (χ3v) is 2.90. The van der Waals surface area contributed by atoms with Gasteiger partial charge in [-0.3, -0.25) is 4.79 Å². The summed E-state index contributed by atoms with van der Waals surface area (Å²) in [4.78, 5) is 15.3. The molecular weight excluding hydrogens is 234 g/mol. The first-order valence-corrected chi connectivity index (χ1v) is 6.12. The summed E-state index contributed by atoms with van der Waals surface area (Å²) in [5.41, 5.74) is 5.30. The predicted molar refractivity (Wildman–Crippen MR) is 70.7 cm³/mol. The molecule has 0 saturated carbocycles. The maximum Gasteiger partial charge on any atom is 0.234 e. The molecule has 0 aliphatic heterocycles. The number of thiophene rings is 1. The maximum atomic E-state index is 11.4. The van der Waals surface area contributed by atoms with Crippen LogP contribution in [0.1, 0.15) is 9.75 Å². The van der Waals surface area contributed by atoms with Gasteiger partial charge in [-0.15, -0.1) is 11.3 Å². The van der Waals surface area contributed by atoms with Crippen LogP contribution in [0.25, 0.3) is 0 Å². The lowest BCUT2D eigenvalue weighted by Crippen LogP contribution is -2.32. The molecule has 1 aromatic heterocycles. The van der Waals surface area contributed by atoms with Crippen molar-refractivity contribution in [1.82, 2.24) is 10.2 Å². The van der Waals surface area contributed by atoms with Crippen molar-refractivity contribution in [1.29, 1.82) is 0 Å². The molecule has 0 aliphatic rings. The Bertz CT molecular complexity index is 428. The van der Waals surface area contributed by atoms with Crippen LogP contribution in [0.5, 0.6) is 0 Å². The first-order chi connectivity index (χ1) is 8.11. The van der Waals surface area contributed by atoms with Crippen molar-refractivity contribution in [2.24, 2.45) is 5.73 Å². The van der Waals surface area contributed by atoms with Gasteiger partial charge in [-0.1, -0.05) is 11.8 Å². The normalized spacial score (nSPS) is 9.88. The second-order valence-electron chi connectivity index (χ2n) is 3.79. The first kappa shape index (κ1) is 13.7. The van der Waals surface area contributed by atoms with Gasteiger partial charge in [0.05, 0.1) is 24.5 Å². The number of nitrogens with zero attached hydrogens (tertiary/aromatic N) is 1. The number of amides is 1. The van der Waals surface area contributed by atoms with Gasteiger partial charge in [0.25, 0.3) is 0 Å².